The van der Waals surface area contributed by atoms with Crippen LogP contribution < -0.4 is 0 Å². The lowest BCUT2D eigenvalue weighted by Crippen LogP contribution is -2.22. The lowest BCUT2D eigenvalue weighted by molar-refractivity contribution is 0.191. The minimum atomic E-state index is 0.903. The topological polar surface area (TPSA) is 0 Å². The Balaban J connectivity index is 1.14. The molecule has 4 rings (SSSR count). The van der Waals surface area contributed by atoms with Crippen molar-refractivity contribution in [3.63, 3.8) is 0 Å². The first-order valence-corrected chi connectivity index (χ1v) is 13.0. The van der Waals surface area contributed by atoms with E-state index in [1.54, 1.807) is 5.56 Å². The van der Waals surface area contributed by atoms with Crippen LogP contribution in [0.3, 0.4) is 0 Å². The van der Waals surface area contributed by atoms with Crippen LogP contribution in [0.1, 0.15) is 87.0 Å². The minimum absolute atomic E-state index is 0.903. The molecule has 2 aromatic carbocycles. The van der Waals surface area contributed by atoms with Gasteiger partial charge in [-0.1, -0.05) is 93.8 Å². The largest absolute Gasteiger partial charge is 0.0985 e. The Bertz CT molecular complexity index is 781. The molecule has 0 saturated heterocycles. The van der Waals surface area contributed by atoms with Gasteiger partial charge in [0.15, 0.2) is 0 Å². The van der Waals surface area contributed by atoms with Crippen LogP contribution in [0.5, 0.6) is 0 Å². The second kappa shape index (κ2) is 11.2. The van der Waals surface area contributed by atoms with Gasteiger partial charge < -0.3 is 0 Å². The molecule has 0 nitrogen and oxygen atoms in total. The van der Waals surface area contributed by atoms with Crippen LogP contribution in [0, 0.1) is 23.7 Å². The summed E-state index contributed by atoms with van der Waals surface area (Å²) in [5.74, 6) is 3.84. The fraction of sp³-hybridized carbons (Fsp3) is 0.548. The number of rotatable bonds is 8. The van der Waals surface area contributed by atoms with Crippen molar-refractivity contribution in [1.82, 2.24) is 0 Å². The second-order valence-corrected chi connectivity index (χ2v) is 10.5. The molecule has 2 fully saturated rings. The molecule has 0 heteroatoms. The van der Waals surface area contributed by atoms with E-state index in [9.17, 15) is 0 Å². The van der Waals surface area contributed by atoms with Gasteiger partial charge in [0.2, 0.25) is 0 Å². The normalized spacial score (nSPS) is 26.5. The van der Waals surface area contributed by atoms with Crippen molar-refractivity contribution in [3.05, 3.63) is 77.4 Å². The van der Waals surface area contributed by atoms with Crippen molar-refractivity contribution in [2.24, 2.45) is 23.7 Å². The number of hydrogen-bond donors (Lipinski definition) is 0. The highest BCUT2D eigenvalue weighted by molar-refractivity contribution is 5.47. The molecule has 2 saturated carbocycles. The predicted molar refractivity (Wildman–Crippen MR) is 135 cm³/mol. The number of aryl methyl sites for hydroxylation is 1. The molecule has 0 unspecified atom stereocenters. The minimum Gasteiger partial charge on any atom is -0.0985 e. The molecule has 0 bridgehead atoms. The Morgan fingerprint density at radius 3 is 1.42 bits per heavy atom. The van der Waals surface area contributed by atoms with Gasteiger partial charge in [0.05, 0.1) is 0 Å². The van der Waals surface area contributed by atoms with Crippen LogP contribution in [-0.2, 0) is 19.3 Å². The van der Waals surface area contributed by atoms with E-state index in [-0.39, 0.29) is 0 Å². The lowest BCUT2D eigenvalue weighted by atomic mass is 9.72. The SMILES string of the molecule is C=Cc1ccc(CC2CCC(CC3CCC(Cc4ccc(CC)cc4)CC3)CC2)cc1. The van der Waals surface area contributed by atoms with Gasteiger partial charge in [-0.25, -0.2) is 0 Å². The summed E-state index contributed by atoms with van der Waals surface area (Å²) in [6.45, 7) is 6.10. The molecule has 0 heterocycles. The number of benzene rings is 2. The summed E-state index contributed by atoms with van der Waals surface area (Å²) in [6, 6.07) is 18.4. The highest BCUT2D eigenvalue weighted by atomic mass is 14.3. The van der Waals surface area contributed by atoms with Gasteiger partial charge in [0.1, 0.15) is 0 Å². The molecule has 2 aliphatic carbocycles. The summed E-state index contributed by atoms with van der Waals surface area (Å²) in [5, 5.41) is 0. The smallest absolute Gasteiger partial charge is 0.0250 e. The molecule has 0 spiro atoms. The molecule has 0 atom stereocenters. The van der Waals surface area contributed by atoms with Gasteiger partial charge in [-0.05, 0) is 97.3 Å². The van der Waals surface area contributed by atoms with E-state index in [1.807, 2.05) is 6.08 Å². The zero-order valence-electron chi connectivity index (χ0n) is 19.7. The van der Waals surface area contributed by atoms with Crippen LogP contribution >= 0.6 is 0 Å². The zero-order chi connectivity index (χ0) is 21.5. The Kier molecular flexibility index (Phi) is 8.06. The summed E-state index contributed by atoms with van der Waals surface area (Å²) in [6.07, 6.45) is 18.9. The van der Waals surface area contributed by atoms with E-state index in [4.69, 9.17) is 0 Å². The van der Waals surface area contributed by atoms with E-state index in [1.165, 1.54) is 87.3 Å². The molecule has 2 aromatic rings. The third-order valence-electron chi connectivity index (χ3n) is 8.29. The van der Waals surface area contributed by atoms with Crippen LogP contribution in [0.4, 0.5) is 0 Å². The molecular formula is C31H42. The molecule has 166 valence electrons. The predicted octanol–water partition coefficient (Wildman–Crippen LogP) is 8.68. The average Bonchev–Trinajstić information content (AvgIpc) is 2.82. The first-order chi connectivity index (χ1) is 15.2. The maximum absolute atomic E-state index is 3.86. The molecule has 0 aromatic heterocycles. The molecular weight excluding hydrogens is 372 g/mol. The van der Waals surface area contributed by atoms with Gasteiger partial charge in [0, 0.05) is 0 Å². The second-order valence-electron chi connectivity index (χ2n) is 10.5. The van der Waals surface area contributed by atoms with Crippen molar-refractivity contribution in [3.8, 4) is 0 Å². The fourth-order valence-corrected chi connectivity index (χ4v) is 6.18. The van der Waals surface area contributed by atoms with Gasteiger partial charge in [-0.3, -0.25) is 0 Å². The van der Waals surface area contributed by atoms with Crippen LogP contribution in [0.25, 0.3) is 6.08 Å². The van der Waals surface area contributed by atoms with E-state index < -0.39 is 0 Å². The molecule has 0 radical (unpaired) electrons. The number of hydrogen-bond acceptors (Lipinski definition) is 0. The van der Waals surface area contributed by atoms with Crippen molar-refractivity contribution in [2.45, 2.75) is 84.0 Å². The Hall–Kier alpha value is -1.82. The summed E-state index contributed by atoms with van der Waals surface area (Å²) in [7, 11) is 0. The van der Waals surface area contributed by atoms with Crippen LogP contribution in [0.15, 0.2) is 55.1 Å². The summed E-state index contributed by atoms with van der Waals surface area (Å²) in [5.41, 5.74) is 5.76. The Morgan fingerprint density at radius 1 is 0.613 bits per heavy atom. The first kappa shape index (κ1) is 22.4. The Morgan fingerprint density at radius 2 is 1.00 bits per heavy atom. The zero-order valence-corrected chi connectivity index (χ0v) is 19.7. The van der Waals surface area contributed by atoms with Gasteiger partial charge in [-0.15, -0.1) is 0 Å². The third kappa shape index (κ3) is 6.58. The van der Waals surface area contributed by atoms with Gasteiger partial charge in [0.25, 0.3) is 0 Å². The lowest BCUT2D eigenvalue weighted by Gasteiger charge is -2.34. The fourth-order valence-electron chi connectivity index (χ4n) is 6.18. The van der Waals surface area contributed by atoms with Crippen molar-refractivity contribution in [1.29, 1.82) is 0 Å². The molecule has 0 N–H and O–H groups in total. The van der Waals surface area contributed by atoms with Crippen LogP contribution in [0.2, 0.25) is 0 Å². The summed E-state index contributed by atoms with van der Waals surface area (Å²) >= 11 is 0. The quantitative estimate of drug-likeness (QED) is 0.405. The van der Waals surface area contributed by atoms with Crippen LogP contribution in [-0.4, -0.2) is 0 Å². The van der Waals surface area contributed by atoms with E-state index in [0.717, 1.165) is 30.1 Å². The Labute approximate surface area is 191 Å². The highest BCUT2D eigenvalue weighted by Crippen LogP contribution is 2.39. The molecule has 0 aliphatic heterocycles. The summed E-state index contributed by atoms with van der Waals surface area (Å²) in [4.78, 5) is 0. The monoisotopic (exact) mass is 414 g/mol. The molecule has 31 heavy (non-hydrogen) atoms. The van der Waals surface area contributed by atoms with Gasteiger partial charge >= 0.3 is 0 Å². The summed E-state index contributed by atoms with van der Waals surface area (Å²) < 4.78 is 0. The molecule has 0 amide bonds. The highest BCUT2D eigenvalue weighted by Gasteiger charge is 2.27. The standard InChI is InChI=1S/C31H42/c1-3-24-5-9-26(10-6-24)21-28-13-17-30(18-14-28)23-31-19-15-29(16-20-31)22-27-11-7-25(4-2)8-12-27/h3,5-12,28-31H,1,4,13-23H2,2H3. The van der Waals surface area contributed by atoms with Gasteiger partial charge in [-0.2, -0.15) is 0 Å². The average molecular weight is 415 g/mol. The molecule has 2 aliphatic rings. The third-order valence-corrected chi connectivity index (χ3v) is 8.29. The van der Waals surface area contributed by atoms with E-state index in [0.29, 0.717) is 0 Å². The van der Waals surface area contributed by atoms with Crippen molar-refractivity contribution >= 4 is 6.08 Å². The first-order valence-electron chi connectivity index (χ1n) is 13.0. The van der Waals surface area contributed by atoms with Crippen molar-refractivity contribution in [2.75, 3.05) is 0 Å². The van der Waals surface area contributed by atoms with E-state index >= 15 is 0 Å². The maximum Gasteiger partial charge on any atom is -0.0250 e. The maximum atomic E-state index is 3.86. The van der Waals surface area contributed by atoms with Crippen molar-refractivity contribution < 1.29 is 0 Å². The van der Waals surface area contributed by atoms with E-state index in [2.05, 4.69) is 62.0 Å².